The van der Waals surface area contributed by atoms with Crippen LogP contribution in [-0.2, 0) is 27.1 Å². The lowest BCUT2D eigenvalue weighted by atomic mass is 9.93. The van der Waals surface area contributed by atoms with Gasteiger partial charge in [0.1, 0.15) is 6.79 Å². The van der Waals surface area contributed by atoms with E-state index < -0.39 is 0 Å². The fraction of sp³-hybridized carbons (Fsp3) is 0.478. The second-order valence-electron chi connectivity index (χ2n) is 7.03. The van der Waals surface area contributed by atoms with Crippen molar-refractivity contribution < 1.29 is 14.2 Å². The number of benzene rings is 2. The number of nitrogens with zero attached hydrogens (tertiary/aromatic N) is 3. The standard InChI is InChI=1S/C23H32N4O3/c1-25-22(17-20-11-7-4-8-12-20)23(30-18-29-16-15-28-2)21(26-27-24)14-13-19-9-5-3-6-10-19/h3-12,21-23,25H,13-18H2,1-2H3/t21?,22-,23-/m1/s1. The van der Waals surface area contributed by atoms with Gasteiger partial charge in [0.25, 0.3) is 0 Å². The van der Waals surface area contributed by atoms with Crippen LogP contribution in [0.15, 0.2) is 65.8 Å². The SMILES string of the molecule is CN[C@H](Cc1ccccc1)[C@H](OCOCCOC)C(CCc1ccccc1)N=[N+]=[N-]. The summed E-state index contributed by atoms with van der Waals surface area (Å²) >= 11 is 0. The molecule has 0 spiro atoms. The number of hydrogen-bond acceptors (Lipinski definition) is 5. The van der Waals surface area contributed by atoms with Crippen molar-refractivity contribution >= 4 is 0 Å². The number of rotatable bonds is 15. The van der Waals surface area contributed by atoms with Gasteiger partial charge in [0, 0.05) is 18.1 Å². The van der Waals surface area contributed by atoms with Gasteiger partial charge in [0.15, 0.2) is 0 Å². The van der Waals surface area contributed by atoms with E-state index in [0.717, 1.165) is 12.8 Å². The molecule has 0 bridgehead atoms. The van der Waals surface area contributed by atoms with Crippen molar-refractivity contribution in [2.45, 2.75) is 37.5 Å². The maximum Gasteiger partial charge on any atom is 0.147 e. The summed E-state index contributed by atoms with van der Waals surface area (Å²) < 4.78 is 16.7. The van der Waals surface area contributed by atoms with Gasteiger partial charge in [0.2, 0.25) is 0 Å². The van der Waals surface area contributed by atoms with Crippen LogP contribution in [0.5, 0.6) is 0 Å². The monoisotopic (exact) mass is 412 g/mol. The lowest BCUT2D eigenvalue weighted by Crippen LogP contribution is -2.47. The molecule has 1 N–H and O–H groups in total. The maximum atomic E-state index is 9.20. The topological polar surface area (TPSA) is 88.5 Å². The smallest absolute Gasteiger partial charge is 0.147 e. The van der Waals surface area contributed by atoms with Crippen LogP contribution >= 0.6 is 0 Å². The second kappa shape index (κ2) is 14.6. The lowest BCUT2D eigenvalue weighted by Gasteiger charge is -2.31. The molecule has 3 atom stereocenters. The summed E-state index contributed by atoms with van der Waals surface area (Å²) in [6.07, 6.45) is 1.90. The summed E-state index contributed by atoms with van der Waals surface area (Å²) in [5.41, 5.74) is 11.6. The van der Waals surface area contributed by atoms with Gasteiger partial charge < -0.3 is 19.5 Å². The molecule has 0 radical (unpaired) electrons. The van der Waals surface area contributed by atoms with Gasteiger partial charge in [-0.2, -0.15) is 0 Å². The van der Waals surface area contributed by atoms with Gasteiger partial charge in [-0.25, -0.2) is 0 Å². The number of methoxy groups -OCH3 is 1. The Balaban J connectivity index is 2.12. The van der Waals surface area contributed by atoms with E-state index in [-0.39, 0.29) is 25.0 Å². The van der Waals surface area contributed by atoms with Gasteiger partial charge in [0.05, 0.1) is 25.4 Å². The van der Waals surface area contributed by atoms with Gasteiger partial charge in [-0.15, -0.1) is 0 Å². The Morgan fingerprint density at radius 2 is 1.67 bits per heavy atom. The number of azide groups is 1. The minimum atomic E-state index is -0.336. The van der Waals surface area contributed by atoms with Crippen LogP contribution < -0.4 is 5.32 Å². The molecule has 0 fully saturated rings. The third-order valence-electron chi connectivity index (χ3n) is 4.99. The number of likely N-dealkylation sites (N-methyl/N-ethyl adjacent to an activating group) is 1. The van der Waals surface area contributed by atoms with Crippen molar-refractivity contribution in [2.24, 2.45) is 5.11 Å². The van der Waals surface area contributed by atoms with E-state index in [2.05, 4.69) is 39.6 Å². The molecule has 30 heavy (non-hydrogen) atoms. The number of nitrogens with one attached hydrogen (secondary N) is 1. The zero-order valence-corrected chi connectivity index (χ0v) is 17.8. The summed E-state index contributed by atoms with van der Waals surface area (Å²) in [7, 11) is 3.53. The largest absolute Gasteiger partial charge is 0.382 e. The molecule has 2 aromatic carbocycles. The van der Waals surface area contributed by atoms with E-state index in [1.165, 1.54) is 11.1 Å². The molecule has 0 aliphatic carbocycles. The van der Waals surface area contributed by atoms with E-state index in [9.17, 15) is 5.53 Å². The van der Waals surface area contributed by atoms with Crippen molar-refractivity contribution in [3.8, 4) is 0 Å². The molecular formula is C23H32N4O3. The van der Waals surface area contributed by atoms with Gasteiger partial charge in [-0.1, -0.05) is 65.8 Å². The van der Waals surface area contributed by atoms with Crippen molar-refractivity contribution in [3.63, 3.8) is 0 Å². The van der Waals surface area contributed by atoms with Crippen molar-refractivity contribution in [2.75, 3.05) is 34.2 Å². The first-order chi connectivity index (χ1) is 14.8. The van der Waals surface area contributed by atoms with Crippen LogP contribution in [-0.4, -0.2) is 52.4 Å². The maximum absolute atomic E-state index is 9.20. The van der Waals surface area contributed by atoms with Gasteiger partial charge in [-0.05, 0) is 43.0 Å². The first kappa shape index (κ1) is 23.9. The summed E-state index contributed by atoms with van der Waals surface area (Å²) in [6, 6.07) is 20.0. The molecule has 1 unspecified atom stereocenters. The van der Waals surface area contributed by atoms with Crippen molar-refractivity contribution in [3.05, 3.63) is 82.2 Å². The van der Waals surface area contributed by atoms with Crippen LogP contribution in [0.2, 0.25) is 0 Å². The van der Waals surface area contributed by atoms with Crippen LogP contribution in [0.4, 0.5) is 0 Å². The zero-order valence-electron chi connectivity index (χ0n) is 17.8. The van der Waals surface area contributed by atoms with Crippen LogP contribution in [0.3, 0.4) is 0 Å². The fourth-order valence-electron chi connectivity index (χ4n) is 3.39. The number of hydrogen-bond donors (Lipinski definition) is 1. The average Bonchev–Trinajstić information content (AvgIpc) is 2.79. The number of ether oxygens (including phenoxy) is 3. The Morgan fingerprint density at radius 1 is 1.00 bits per heavy atom. The molecular weight excluding hydrogens is 380 g/mol. The minimum Gasteiger partial charge on any atom is -0.382 e. The Hall–Kier alpha value is -2.41. The molecule has 7 heteroatoms. The predicted octanol–water partition coefficient (Wildman–Crippen LogP) is 4.13. The highest BCUT2D eigenvalue weighted by molar-refractivity contribution is 5.17. The normalized spacial score (nSPS) is 13.9. The molecule has 0 aliphatic rings. The quantitative estimate of drug-likeness (QED) is 0.157. The molecule has 0 saturated carbocycles. The molecule has 0 amide bonds. The van der Waals surface area contributed by atoms with Gasteiger partial charge >= 0.3 is 0 Å². The fourth-order valence-corrected chi connectivity index (χ4v) is 3.39. The molecule has 0 saturated heterocycles. The third-order valence-corrected chi connectivity index (χ3v) is 4.99. The Morgan fingerprint density at radius 3 is 2.27 bits per heavy atom. The van der Waals surface area contributed by atoms with E-state index in [4.69, 9.17) is 14.2 Å². The highest BCUT2D eigenvalue weighted by Gasteiger charge is 2.29. The molecule has 7 nitrogen and oxygen atoms in total. The van der Waals surface area contributed by atoms with E-state index in [1.54, 1.807) is 7.11 Å². The first-order valence-electron chi connectivity index (χ1n) is 10.3. The average molecular weight is 413 g/mol. The van der Waals surface area contributed by atoms with Crippen LogP contribution in [0.25, 0.3) is 10.4 Å². The Bertz CT molecular complexity index is 739. The van der Waals surface area contributed by atoms with Crippen molar-refractivity contribution in [1.82, 2.24) is 5.32 Å². The predicted molar refractivity (Wildman–Crippen MR) is 118 cm³/mol. The first-order valence-corrected chi connectivity index (χ1v) is 10.3. The van der Waals surface area contributed by atoms with E-state index in [0.29, 0.717) is 19.6 Å². The van der Waals surface area contributed by atoms with Crippen LogP contribution in [0.1, 0.15) is 17.5 Å². The zero-order chi connectivity index (χ0) is 21.4. The lowest BCUT2D eigenvalue weighted by molar-refractivity contribution is -0.113. The third kappa shape index (κ3) is 8.53. The molecule has 0 aliphatic heterocycles. The highest BCUT2D eigenvalue weighted by Crippen LogP contribution is 2.19. The molecule has 162 valence electrons. The molecule has 2 aromatic rings. The molecule has 0 aromatic heterocycles. The number of aryl methyl sites for hydroxylation is 1. The summed E-state index contributed by atoms with van der Waals surface area (Å²) in [5.74, 6) is 0. The Kier molecular flexibility index (Phi) is 11.6. The molecule has 0 heterocycles. The summed E-state index contributed by atoms with van der Waals surface area (Å²) in [6.45, 7) is 1.06. The minimum absolute atomic E-state index is 0.0373. The van der Waals surface area contributed by atoms with Gasteiger partial charge in [-0.3, -0.25) is 0 Å². The highest BCUT2D eigenvalue weighted by atomic mass is 16.7. The summed E-state index contributed by atoms with van der Waals surface area (Å²) in [5, 5.41) is 7.45. The molecule has 2 rings (SSSR count). The second-order valence-corrected chi connectivity index (χ2v) is 7.03. The van der Waals surface area contributed by atoms with Crippen molar-refractivity contribution in [1.29, 1.82) is 0 Å². The summed E-state index contributed by atoms with van der Waals surface area (Å²) in [4.78, 5) is 3.11. The van der Waals surface area contributed by atoms with E-state index >= 15 is 0 Å². The van der Waals surface area contributed by atoms with E-state index in [1.807, 2.05) is 43.4 Å². The Labute approximate surface area is 179 Å². The van der Waals surface area contributed by atoms with Crippen LogP contribution in [0, 0.1) is 0 Å².